The van der Waals surface area contributed by atoms with Crippen LogP contribution in [0.1, 0.15) is 20.8 Å². The number of esters is 1. The Kier molecular flexibility index (Phi) is 5.61. The van der Waals surface area contributed by atoms with Gasteiger partial charge in [-0.3, -0.25) is 0 Å². The molecule has 0 radical (unpaired) electrons. The fourth-order valence-corrected chi connectivity index (χ4v) is 3.06. The van der Waals surface area contributed by atoms with Crippen LogP contribution in [0.15, 0.2) is 71.2 Å². The average Bonchev–Trinajstić information content (AvgIpc) is 3.05. The molecule has 1 aromatic heterocycles. The van der Waals surface area contributed by atoms with E-state index in [-0.39, 0.29) is 0 Å². The van der Waals surface area contributed by atoms with E-state index < -0.39 is 11.6 Å². The quantitative estimate of drug-likeness (QED) is 0.284. The zero-order valence-electron chi connectivity index (χ0n) is 15.7. The van der Waals surface area contributed by atoms with E-state index in [0.717, 1.165) is 22.3 Å². The maximum atomic E-state index is 11.7. The van der Waals surface area contributed by atoms with Crippen LogP contribution >= 0.6 is 12.0 Å². The van der Waals surface area contributed by atoms with E-state index in [4.69, 9.17) is 13.3 Å². The number of hydrogen-bond acceptors (Lipinski definition) is 5. The Balaban J connectivity index is 1.64. The molecule has 0 amide bonds. The normalized spacial score (nSPS) is 11.4. The molecule has 0 saturated heterocycles. The minimum absolute atomic E-state index is 0.381. The molecular formula is C22H22O4S. The summed E-state index contributed by atoms with van der Waals surface area (Å²) in [6.45, 7) is 8.90. The van der Waals surface area contributed by atoms with Gasteiger partial charge in [-0.05, 0) is 39.0 Å². The predicted molar refractivity (Wildman–Crippen MR) is 110 cm³/mol. The number of carbonyl (C=O) groups is 1. The van der Waals surface area contributed by atoms with Crippen molar-refractivity contribution < 1.29 is 18.1 Å². The van der Waals surface area contributed by atoms with Gasteiger partial charge in [0.25, 0.3) is 0 Å². The monoisotopic (exact) mass is 382 g/mol. The molecule has 0 atom stereocenters. The van der Waals surface area contributed by atoms with E-state index in [2.05, 4.69) is 6.58 Å². The molecule has 5 heteroatoms. The van der Waals surface area contributed by atoms with Crippen LogP contribution in [0.25, 0.3) is 22.3 Å². The molecular weight excluding hydrogens is 360 g/mol. The molecule has 0 fully saturated rings. The summed E-state index contributed by atoms with van der Waals surface area (Å²) in [5.41, 5.74) is 1.52. The van der Waals surface area contributed by atoms with Gasteiger partial charge in [0.15, 0.2) is 0 Å². The molecule has 2 aromatic carbocycles. The number of hydrogen-bond donors (Lipinski definition) is 0. The molecule has 0 saturated carbocycles. The van der Waals surface area contributed by atoms with Crippen molar-refractivity contribution in [2.75, 3.05) is 5.75 Å². The van der Waals surface area contributed by atoms with Crippen LogP contribution in [0.5, 0.6) is 5.75 Å². The van der Waals surface area contributed by atoms with Crippen LogP contribution in [-0.4, -0.2) is 17.3 Å². The van der Waals surface area contributed by atoms with Crippen LogP contribution < -0.4 is 4.18 Å². The first kappa shape index (κ1) is 19.1. The van der Waals surface area contributed by atoms with Crippen molar-refractivity contribution in [1.82, 2.24) is 0 Å². The Morgan fingerprint density at radius 3 is 2.59 bits per heavy atom. The first-order chi connectivity index (χ1) is 12.8. The number of carbonyl (C=O) groups excluding carboxylic acids is 1. The fourth-order valence-electron chi connectivity index (χ4n) is 2.41. The van der Waals surface area contributed by atoms with Crippen molar-refractivity contribution in [3.05, 3.63) is 66.7 Å². The second-order valence-corrected chi connectivity index (χ2v) is 7.64. The lowest BCUT2D eigenvalue weighted by atomic mass is 10.1. The van der Waals surface area contributed by atoms with Crippen molar-refractivity contribution in [2.45, 2.75) is 26.4 Å². The molecule has 140 valence electrons. The molecule has 0 spiro atoms. The summed E-state index contributed by atoms with van der Waals surface area (Å²) in [5, 5.41) is 1.02. The highest BCUT2D eigenvalue weighted by atomic mass is 32.2. The summed E-state index contributed by atoms with van der Waals surface area (Å²) in [7, 11) is 0. The molecule has 0 bridgehead atoms. The third-order valence-electron chi connectivity index (χ3n) is 3.83. The SMILES string of the molecule is C=C(C)C(=O)OC(C)(C)CSOc1ccc2cc(-c3ccccc3)oc2c1. The molecule has 0 aliphatic heterocycles. The Morgan fingerprint density at radius 2 is 1.89 bits per heavy atom. The Labute approximate surface area is 163 Å². The van der Waals surface area contributed by atoms with E-state index in [0.29, 0.717) is 17.1 Å². The third-order valence-corrected chi connectivity index (χ3v) is 4.95. The van der Waals surface area contributed by atoms with Gasteiger partial charge >= 0.3 is 5.97 Å². The van der Waals surface area contributed by atoms with Crippen molar-refractivity contribution >= 4 is 29.0 Å². The second kappa shape index (κ2) is 7.92. The summed E-state index contributed by atoms with van der Waals surface area (Å²) in [6.07, 6.45) is 0. The number of rotatable bonds is 7. The molecule has 4 nitrogen and oxygen atoms in total. The van der Waals surface area contributed by atoms with E-state index in [1.807, 2.05) is 68.4 Å². The van der Waals surface area contributed by atoms with Gasteiger partial charge in [-0.1, -0.05) is 36.9 Å². The van der Waals surface area contributed by atoms with Crippen LogP contribution in [0.4, 0.5) is 0 Å². The molecule has 1 heterocycles. The zero-order chi connectivity index (χ0) is 19.4. The number of fused-ring (bicyclic) bond motifs is 1. The largest absolute Gasteiger partial charge is 0.456 e. The molecule has 0 N–H and O–H groups in total. The van der Waals surface area contributed by atoms with Crippen LogP contribution in [0.3, 0.4) is 0 Å². The van der Waals surface area contributed by atoms with Crippen LogP contribution in [0.2, 0.25) is 0 Å². The van der Waals surface area contributed by atoms with Gasteiger partial charge in [0.05, 0.1) is 17.8 Å². The van der Waals surface area contributed by atoms with Gasteiger partial charge in [-0.2, -0.15) is 0 Å². The summed E-state index contributed by atoms with van der Waals surface area (Å²) in [5.74, 6) is 1.59. The predicted octanol–water partition coefficient (Wildman–Crippen LogP) is 6.02. The zero-order valence-corrected chi connectivity index (χ0v) is 16.5. The van der Waals surface area contributed by atoms with Gasteiger partial charge in [0.1, 0.15) is 22.7 Å². The molecule has 27 heavy (non-hydrogen) atoms. The van der Waals surface area contributed by atoms with Crippen LogP contribution in [0, 0.1) is 0 Å². The minimum Gasteiger partial charge on any atom is -0.456 e. The topological polar surface area (TPSA) is 48.7 Å². The van der Waals surface area contributed by atoms with Gasteiger partial charge in [0.2, 0.25) is 0 Å². The summed E-state index contributed by atoms with van der Waals surface area (Å²) in [4.78, 5) is 11.7. The highest BCUT2D eigenvalue weighted by Gasteiger charge is 2.24. The molecule has 0 aliphatic carbocycles. The highest BCUT2D eigenvalue weighted by Crippen LogP contribution is 2.31. The molecule has 3 aromatic rings. The van der Waals surface area contributed by atoms with Crippen molar-refractivity contribution in [1.29, 1.82) is 0 Å². The lowest BCUT2D eigenvalue weighted by molar-refractivity contribution is -0.149. The Bertz CT molecular complexity index is 957. The minimum atomic E-state index is -0.657. The molecule has 0 aliphatic rings. The number of ether oxygens (including phenoxy) is 1. The summed E-state index contributed by atoms with van der Waals surface area (Å²) in [6, 6.07) is 17.7. The van der Waals surface area contributed by atoms with E-state index in [1.54, 1.807) is 6.92 Å². The standard InChI is InChI=1S/C22H22O4S/c1-15(2)21(23)25-22(3,4)14-27-26-18-11-10-17-12-19(24-20(17)13-18)16-8-6-5-7-9-16/h5-13H,1,14H2,2-4H3. The molecule has 0 unspecified atom stereocenters. The second-order valence-electron chi connectivity index (χ2n) is 6.95. The highest BCUT2D eigenvalue weighted by molar-refractivity contribution is 7.95. The van der Waals surface area contributed by atoms with Gasteiger partial charge in [0, 0.05) is 22.6 Å². The third kappa shape index (κ3) is 4.95. The first-order valence-corrected chi connectivity index (χ1v) is 9.52. The average molecular weight is 382 g/mol. The van der Waals surface area contributed by atoms with E-state index >= 15 is 0 Å². The Hall–Kier alpha value is -2.66. The maximum absolute atomic E-state index is 11.7. The fraction of sp³-hybridized carbons (Fsp3) is 0.227. The Morgan fingerprint density at radius 1 is 1.15 bits per heavy atom. The summed E-state index contributed by atoms with van der Waals surface area (Å²) >= 11 is 1.23. The van der Waals surface area contributed by atoms with Crippen molar-refractivity contribution in [3.8, 4) is 17.1 Å². The lowest BCUT2D eigenvalue weighted by Crippen LogP contribution is -2.31. The number of benzene rings is 2. The first-order valence-electron chi connectivity index (χ1n) is 8.61. The van der Waals surface area contributed by atoms with E-state index in [1.165, 1.54) is 12.0 Å². The maximum Gasteiger partial charge on any atom is 0.333 e. The summed E-state index contributed by atoms with van der Waals surface area (Å²) < 4.78 is 17.1. The smallest absolute Gasteiger partial charge is 0.333 e. The lowest BCUT2D eigenvalue weighted by Gasteiger charge is -2.24. The van der Waals surface area contributed by atoms with Gasteiger partial charge in [-0.15, -0.1) is 0 Å². The molecule has 3 rings (SSSR count). The van der Waals surface area contributed by atoms with Crippen molar-refractivity contribution in [2.24, 2.45) is 0 Å². The number of furan rings is 1. The van der Waals surface area contributed by atoms with Gasteiger partial charge < -0.3 is 13.3 Å². The van der Waals surface area contributed by atoms with Gasteiger partial charge in [-0.25, -0.2) is 4.79 Å². The van der Waals surface area contributed by atoms with Crippen LogP contribution in [-0.2, 0) is 9.53 Å². The van der Waals surface area contributed by atoms with Crippen molar-refractivity contribution in [3.63, 3.8) is 0 Å². The van der Waals surface area contributed by atoms with E-state index in [9.17, 15) is 4.79 Å².